The Kier molecular flexibility index (Phi) is 6.38. The first-order valence-electron chi connectivity index (χ1n) is 10.5. The van der Waals surface area contributed by atoms with Gasteiger partial charge in [-0.05, 0) is 68.7 Å². The smallest absolute Gasteiger partial charge is 0.330 e. The van der Waals surface area contributed by atoms with Gasteiger partial charge in [-0.15, -0.1) is 10.2 Å². The summed E-state index contributed by atoms with van der Waals surface area (Å²) in [5.41, 5.74) is 4.87. The summed E-state index contributed by atoms with van der Waals surface area (Å²) in [6.07, 6.45) is 2.94. The van der Waals surface area contributed by atoms with Crippen LogP contribution in [-0.4, -0.2) is 44.3 Å². The molecule has 2 fully saturated rings. The number of carbonyl (C=O) groups is 3. The first-order valence-corrected chi connectivity index (χ1v) is 12.3. The van der Waals surface area contributed by atoms with E-state index in [1.807, 2.05) is 25.1 Å². The number of nitrogens with one attached hydrogen (secondary N) is 3. The van der Waals surface area contributed by atoms with Gasteiger partial charge in [-0.3, -0.25) is 15.0 Å². The van der Waals surface area contributed by atoms with E-state index in [2.05, 4.69) is 40.1 Å². The predicted octanol–water partition coefficient (Wildman–Crippen LogP) is 3.52. The van der Waals surface area contributed by atoms with Gasteiger partial charge in [0, 0.05) is 5.69 Å². The van der Waals surface area contributed by atoms with Crippen LogP contribution in [0.1, 0.15) is 43.7 Å². The van der Waals surface area contributed by atoms with E-state index in [-0.39, 0.29) is 11.7 Å². The number of aryl methyl sites for hydroxylation is 2. The molecular formula is C21H26N6O3S2. The summed E-state index contributed by atoms with van der Waals surface area (Å²) in [6.45, 7) is 6.24. The Balaban J connectivity index is 1.29. The molecule has 32 heavy (non-hydrogen) atoms. The molecule has 4 amide bonds. The molecule has 1 aliphatic carbocycles. The summed E-state index contributed by atoms with van der Waals surface area (Å²) in [4.78, 5) is 37.5. The molecule has 1 spiro atoms. The van der Waals surface area contributed by atoms with Crippen LogP contribution < -0.4 is 16.1 Å². The Bertz CT molecular complexity index is 1050. The van der Waals surface area contributed by atoms with Gasteiger partial charge in [-0.25, -0.2) is 4.79 Å². The van der Waals surface area contributed by atoms with Crippen molar-refractivity contribution in [1.82, 2.24) is 25.9 Å². The zero-order chi connectivity index (χ0) is 22.9. The molecule has 0 radical (unpaired) electrons. The Labute approximate surface area is 194 Å². The fraction of sp³-hybridized carbons (Fsp3) is 0.476. The molecule has 1 saturated heterocycles. The molecule has 11 heteroatoms. The van der Waals surface area contributed by atoms with E-state index in [1.54, 1.807) is 0 Å². The molecule has 9 nitrogen and oxygen atoms in total. The van der Waals surface area contributed by atoms with Crippen molar-refractivity contribution < 1.29 is 14.4 Å². The number of benzene rings is 1. The average Bonchev–Trinajstić information content (AvgIpc) is 3.29. The normalized spacial score (nSPS) is 22.8. The van der Waals surface area contributed by atoms with Crippen molar-refractivity contribution >= 4 is 51.8 Å². The Morgan fingerprint density at radius 3 is 2.72 bits per heavy atom. The second-order valence-electron chi connectivity index (χ2n) is 8.46. The minimum Gasteiger partial charge on any atom is -0.330 e. The van der Waals surface area contributed by atoms with Crippen LogP contribution in [0.2, 0.25) is 0 Å². The Morgan fingerprint density at radius 2 is 2.00 bits per heavy atom. The fourth-order valence-electron chi connectivity index (χ4n) is 3.86. The van der Waals surface area contributed by atoms with Gasteiger partial charge in [0.2, 0.25) is 11.0 Å². The van der Waals surface area contributed by atoms with Crippen LogP contribution in [0, 0.1) is 19.8 Å². The number of carbonyl (C=O) groups excluding carboxylic acids is 3. The van der Waals surface area contributed by atoms with Gasteiger partial charge in [0.05, 0.1) is 5.75 Å². The van der Waals surface area contributed by atoms with Crippen LogP contribution in [0.5, 0.6) is 0 Å². The highest BCUT2D eigenvalue weighted by Crippen LogP contribution is 2.36. The molecule has 1 aromatic heterocycles. The summed E-state index contributed by atoms with van der Waals surface area (Å²) in [5.74, 6) is -0.270. The molecule has 0 unspecified atom stereocenters. The van der Waals surface area contributed by atoms with E-state index in [0.717, 1.165) is 23.5 Å². The molecule has 0 atom stereocenters. The molecule has 1 aliphatic heterocycles. The van der Waals surface area contributed by atoms with Crippen LogP contribution in [0.15, 0.2) is 22.5 Å². The highest BCUT2D eigenvalue weighted by molar-refractivity contribution is 8.01. The van der Waals surface area contributed by atoms with Crippen molar-refractivity contribution in [3.8, 4) is 0 Å². The third kappa shape index (κ3) is 4.73. The molecule has 2 aromatic rings. The first-order chi connectivity index (χ1) is 15.3. The van der Waals surface area contributed by atoms with Gasteiger partial charge in [0.15, 0.2) is 4.34 Å². The lowest BCUT2D eigenvalue weighted by molar-refractivity contribution is -0.139. The van der Waals surface area contributed by atoms with Crippen LogP contribution in [-0.2, 0) is 9.59 Å². The third-order valence-electron chi connectivity index (χ3n) is 6.02. The second kappa shape index (κ2) is 9.07. The Hall–Kier alpha value is -2.66. The van der Waals surface area contributed by atoms with E-state index >= 15 is 0 Å². The lowest BCUT2D eigenvalue weighted by Gasteiger charge is -2.33. The van der Waals surface area contributed by atoms with Crippen molar-refractivity contribution in [2.75, 3.05) is 11.1 Å². The monoisotopic (exact) mass is 474 g/mol. The number of hydrazine groups is 1. The summed E-state index contributed by atoms with van der Waals surface area (Å²) in [5, 5.41) is 15.6. The summed E-state index contributed by atoms with van der Waals surface area (Å²) in [6, 6.07) is 5.47. The number of rotatable bonds is 6. The maximum absolute atomic E-state index is 12.8. The molecule has 2 aliphatic rings. The van der Waals surface area contributed by atoms with E-state index < -0.39 is 17.5 Å². The lowest BCUT2D eigenvalue weighted by Crippen LogP contribution is -2.51. The van der Waals surface area contributed by atoms with Gasteiger partial charge < -0.3 is 10.6 Å². The molecular weight excluding hydrogens is 448 g/mol. The average molecular weight is 475 g/mol. The number of imide groups is 1. The van der Waals surface area contributed by atoms with Gasteiger partial charge in [-0.2, -0.15) is 5.01 Å². The number of hydrogen-bond donors (Lipinski definition) is 3. The molecule has 4 rings (SSSR count). The van der Waals surface area contributed by atoms with Crippen molar-refractivity contribution in [2.24, 2.45) is 5.92 Å². The topological polar surface area (TPSA) is 116 Å². The van der Waals surface area contributed by atoms with E-state index in [4.69, 9.17) is 0 Å². The standard InChI is InChI=1S/C21H26N6O3S2/c1-12-6-8-21(9-7-12)17(29)27(19(30)23-21)26-16(28)11-31-20-25-24-18(32-20)22-15-5-4-13(2)14(3)10-15/h4-5,10,12H,6-9,11H2,1-3H3,(H,22,24)(H,23,30)(H,26,28). The Morgan fingerprint density at radius 1 is 1.25 bits per heavy atom. The lowest BCUT2D eigenvalue weighted by atomic mass is 9.77. The third-order valence-corrected chi connectivity index (χ3v) is 7.99. The van der Waals surface area contributed by atoms with Gasteiger partial charge in [0.1, 0.15) is 5.54 Å². The first kappa shape index (κ1) is 22.5. The SMILES string of the molecule is Cc1ccc(Nc2nnc(SCC(=O)NN3C(=O)NC4(CCC(C)CC4)C3=O)s2)cc1C. The summed E-state index contributed by atoms with van der Waals surface area (Å²) in [7, 11) is 0. The zero-order valence-electron chi connectivity index (χ0n) is 18.2. The number of nitrogens with zero attached hydrogens (tertiary/aromatic N) is 3. The number of amides is 4. The van der Waals surface area contributed by atoms with Crippen molar-refractivity contribution in [1.29, 1.82) is 0 Å². The van der Waals surface area contributed by atoms with Crippen LogP contribution in [0.4, 0.5) is 15.6 Å². The zero-order valence-corrected chi connectivity index (χ0v) is 19.9. The molecule has 170 valence electrons. The second-order valence-corrected chi connectivity index (χ2v) is 10.7. The van der Waals surface area contributed by atoms with E-state index in [1.165, 1.54) is 34.2 Å². The molecule has 1 aromatic carbocycles. The minimum absolute atomic E-state index is 0.0133. The van der Waals surface area contributed by atoms with Gasteiger partial charge in [-0.1, -0.05) is 36.1 Å². The summed E-state index contributed by atoms with van der Waals surface area (Å²) >= 11 is 2.53. The van der Waals surface area contributed by atoms with Crippen molar-refractivity contribution in [2.45, 2.75) is 56.3 Å². The fourth-order valence-corrected chi connectivity index (χ4v) is 5.43. The van der Waals surface area contributed by atoms with Crippen LogP contribution in [0.25, 0.3) is 0 Å². The number of anilines is 2. The van der Waals surface area contributed by atoms with E-state index in [9.17, 15) is 14.4 Å². The predicted molar refractivity (Wildman–Crippen MR) is 124 cm³/mol. The maximum Gasteiger partial charge on any atom is 0.344 e. The van der Waals surface area contributed by atoms with Crippen LogP contribution in [0.3, 0.4) is 0 Å². The van der Waals surface area contributed by atoms with Crippen molar-refractivity contribution in [3.63, 3.8) is 0 Å². The highest BCUT2D eigenvalue weighted by Gasteiger charge is 2.52. The molecule has 2 heterocycles. The van der Waals surface area contributed by atoms with Gasteiger partial charge >= 0.3 is 6.03 Å². The van der Waals surface area contributed by atoms with Crippen molar-refractivity contribution in [3.05, 3.63) is 29.3 Å². The van der Waals surface area contributed by atoms with E-state index in [0.29, 0.717) is 28.2 Å². The van der Waals surface area contributed by atoms with Crippen LogP contribution >= 0.6 is 23.1 Å². The quantitative estimate of drug-likeness (QED) is 0.433. The number of aromatic nitrogens is 2. The maximum atomic E-state index is 12.8. The highest BCUT2D eigenvalue weighted by atomic mass is 32.2. The summed E-state index contributed by atoms with van der Waals surface area (Å²) < 4.78 is 0.612. The number of hydrogen-bond acceptors (Lipinski definition) is 8. The molecule has 1 saturated carbocycles. The molecule has 3 N–H and O–H groups in total. The molecule has 0 bridgehead atoms. The number of urea groups is 1. The largest absolute Gasteiger partial charge is 0.344 e. The minimum atomic E-state index is -0.877. The van der Waals surface area contributed by atoms with Gasteiger partial charge in [0.25, 0.3) is 5.91 Å². The number of thioether (sulfide) groups is 1.